The van der Waals surface area contributed by atoms with Crippen LogP contribution >= 0.6 is 11.3 Å². The SMILES string of the molecule is CCCCc1noc(C)c1/C=C/c1nc(C)c(OC(=O)N[C@@H](CC)CO)s1. The number of rotatable bonds is 9. The van der Waals surface area contributed by atoms with Crippen molar-refractivity contribution in [3.8, 4) is 5.06 Å². The summed E-state index contributed by atoms with van der Waals surface area (Å²) in [6.07, 6.45) is 6.89. The molecule has 27 heavy (non-hydrogen) atoms. The van der Waals surface area contributed by atoms with Gasteiger partial charge in [-0.05, 0) is 45.3 Å². The average Bonchev–Trinajstić information content (AvgIpc) is 3.18. The third-order valence-electron chi connectivity index (χ3n) is 4.13. The number of unbranched alkanes of at least 4 members (excludes halogenated alkanes) is 1. The molecule has 1 atom stereocenters. The predicted molar refractivity (Wildman–Crippen MR) is 106 cm³/mol. The van der Waals surface area contributed by atoms with Crippen molar-refractivity contribution in [3.05, 3.63) is 27.7 Å². The number of aliphatic hydroxyl groups excluding tert-OH is 1. The number of ether oxygens (including phenoxy) is 1. The van der Waals surface area contributed by atoms with Crippen LogP contribution in [0.25, 0.3) is 12.2 Å². The van der Waals surface area contributed by atoms with Gasteiger partial charge in [-0.25, -0.2) is 9.78 Å². The second-order valence-corrected chi connectivity index (χ2v) is 7.28. The number of hydrogen-bond donors (Lipinski definition) is 2. The molecule has 2 N–H and O–H groups in total. The average molecular weight is 394 g/mol. The topological polar surface area (TPSA) is 97.5 Å². The molecule has 8 heteroatoms. The summed E-state index contributed by atoms with van der Waals surface area (Å²) in [5.74, 6) is 0.774. The lowest BCUT2D eigenvalue weighted by Gasteiger charge is -2.13. The number of aliphatic hydroxyl groups is 1. The number of amides is 1. The van der Waals surface area contributed by atoms with Gasteiger partial charge in [0.2, 0.25) is 5.06 Å². The van der Waals surface area contributed by atoms with Crippen molar-refractivity contribution in [3.63, 3.8) is 0 Å². The zero-order valence-corrected chi connectivity index (χ0v) is 17.1. The molecular formula is C19H27N3O4S. The highest BCUT2D eigenvalue weighted by molar-refractivity contribution is 7.14. The molecule has 1 amide bonds. The molecule has 2 aromatic rings. The van der Waals surface area contributed by atoms with Gasteiger partial charge in [0.1, 0.15) is 10.8 Å². The van der Waals surface area contributed by atoms with Crippen LogP contribution in [0, 0.1) is 13.8 Å². The fourth-order valence-corrected chi connectivity index (χ4v) is 3.26. The van der Waals surface area contributed by atoms with Crippen LogP contribution < -0.4 is 10.1 Å². The lowest BCUT2D eigenvalue weighted by Crippen LogP contribution is -2.38. The number of carbonyl (C=O) groups excluding carboxylic acids is 1. The van der Waals surface area contributed by atoms with Crippen molar-refractivity contribution in [2.45, 2.75) is 59.4 Å². The summed E-state index contributed by atoms with van der Waals surface area (Å²) in [5.41, 5.74) is 2.56. The number of aromatic nitrogens is 2. The fourth-order valence-electron chi connectivity index (χ4n) is 2.44. The Bertz CT molecular complexity index is 778. The number of thiazole rings is 1. The first kappa shape index (κ1) is 21.1. The minimum Gasteiger partial charge on any atom is -0.397 e. The van der Waals surface area contributed by atoms with E-state index in [1.807, 2.05) is 26.0 Å². The van der Waals surface area contributed by atoms with E-state index in [-0.39, 0.29) is 12.6 Å². The van der Waals surface area contributed by atoms with Crippen molar-refractivity contribution in [2.75, 3.05) is 6.61 Å². The summed E-state index contributed by atoms with van der Waals surface area (Å²) in [6.45, 7) is 7.57. The van der Waals surface area contributed by atoms with Crippen LogP contribution in [0.1, 0.15) is 60.8 Å². The first-order valence-corrected chi connectivity index (χ1v) is 9.99. The van der Waals surface area contributed by atoms with Crippen LogP contribution in [0.5, 0.6) is 5.06 Å². The first-order chi connectivity index (χ1) is 13.0. The van der Waals surface area contributed by atoms with E-state index in [0.717, 1.165) is 41.3 Å². The third-order valence-corrected chi connectivity index (χ3v) is 5.13. The van der Waals surface area contributed by atoms with Crippen molar-refractivity contribution < 1.29 is 19.2 Å². The molecule has 2 heterocycles. The summed E-state index contributed by atoms with van der Waals surface area (Å²) in [4.78, 5) is 16.4. The second kappa shape index (κ2) is 10.2. The molecule has 0 fully saturated rings. The molecule has 0 bridgehead atoms. The molecule has 0 spiro atoms. The largest absolute Gasteiger partial charge is 0.413 e. The summed E-state index contributed by atoms with van der Waals surface area (Å²) in [6, 6.07) is -0.316. The molecular weight excluding hydrogens is 366 g/mol. The zero-order chi connectivity index (χ0) is 19.8. The van der Waals surface area contributed by atoms with E-state index in [4.69, 9.17) is 14.4 Å². The maximum Gasteiger partial charge on any atom is 0.413 e. The minimum atomic E-state index is -0.588. The van der Waals surface area contributed by atoms with E-state index in [9.17, 15) is 4.79 Å². The Morgan fingerprint density at radius 2 is 2.15 bits per heavy atom. The van der Waals surface area contributed by atoms with Gasteiger partial charge in [0.25, 0.3) is 0 Å². The van der Waals surface area contributed by atoms with E-state index >= 15 is 0 Å². The van der Waals surface area contributed by atoms with Gasteiger partial charge in [-0.1, -0.05) is 36.8 Å². The molecule has 2 aromatic heterocycles. The van der Waals surface area contributed by atoms with Crippen LogP contribution in [0.4, 0.5) is 4.79 Å². The molecule has 2 rings (SSSR count). The smallest absolute Gasteiger partial charge is 0.397 e. The fraction of sp³-hybridized carbons (Fsp3) is 0.526. The molecule has 0 saturated carbocycles. The van der Waals surface area contributed by atoms with E-state index in [1.54, 1.807) is 6.92 Å². The number of hydrogen-bond acceptors (Lipinski definition) is 7. The van der Waals surface area contributed by atoms with Crippen molar-refractivity contribution in [1.29, 1.82) is 0 Å². The Balaban J connectivity index is 2.07. The lowest BCUT2D eigenvalue weighted by molar-refractivity contribution is 0.182. The van der Waals surface area contributed by atoms with Gasteiger partial charge in [-0.2, -0.15) is 0 Å². The number of carbonyl (C=O) groups is 1. The summed E-state index contributed by atoms with van der Waals surface area (Å²) >= 11 is 1.29. The molecule has 0 radical (unpaired) electrons. The van der Waals surface area contributed by atoms with Gasteiger partial charge in [0.15, 0.2) is 0 Å². The second-order valence-electron chi connectivity index (χ2n) is 6.28. The monoisotopic (exact) mass is 393 g/mol. The molecule has 0 aliphatic rings. The molecule has 0 aliphatic carbocycles. The summed E-state index contributed by atoms with van der Waals surface area (Å²) in [5, 5.41) is 17.1. The van der Waals surface area contributed by atoms with Crippen LogP contribution in [-0.2, 0) is 6.42 Å². The molecule has 7 nitrogen and oxygen atoms in total. The van der Waals surface area contributed by atoms with E-state index in [1.165, 1.54) is 11.3 Å². The van der Waals surface area contributed by atoms with Gasteiger partial charge in [0, 0.05) is 5.56 Å². The van der Waals surface area contributed by atoms with Gasteiger partial charge in [0.05, 0.1) is 24.0 Å². The van der Waals surface area contributed by atoms with E-state index in [0.29, 0.717) is 17.2 Å². The van der Waals surface area contributed by atoms with Gasteiger partial charge in [-0.15, -0.1) is 0 Å². The van der Waals surface area contributed by atoms with Gasteiger partial charge in [-0.3, -0.25) is 0 Å². The van der Waals surface area contributed by atoms with Crippen LogP contribution in [-0.4, -0.2) is 34.0 Å². The van der Waals surface area contributed by atoms with E-state index < -0.39 is 6.09 Å². The number of aryl methyl sites for hydroxylation is 3. The van der Waals surface area contributed by atoms with E-state index in [2.05, 4.69) is 22.4 Å². The van der Waals surface area contributed by atoms with Crippen molar-refractivity contribution in [1.82, 2.24) is 15.5 Å². The maximum atomic E-state index is 11.9. The van der Waals surface area contributed by atoms with Gasteiger partial charge < -0.3 is 19.7 Å². The molecule has 148 valence electrons. The maximum absolute atomic E-state index is 11.9. The number of nitrogens with zero attached hydrogens (tertiary/aromatic N) is 2. The highest BCUT2D eigenvalue weighted by Crippen LogP contribution is 2.29. The lowest BCUT2D eigenvalue weighted by atomic mass is 10.1. The van der Waals surface area contributed by atoms with Crippen LogP contribution in [0.2, 0.25) is 0 Å². The zero-order valence-electron chi connectivity index (χ0n) is 16.2. The molecule has 0 aromatic carbocycles. The molecule has 0 aliphatic heterocycles. The van der Waals surface area contributed by atoms with Crippen molar-refractivity contribution in [2.24, 2.45) is 0 Å². The molecule has 0 unspecified atom stereocenters. The Kier molecular flexibility index (Phi) is 7.99. The van der Waals surface area contributed by atoms with Gasteiger partial charge >= 0.3 is 6.09 Å². The minimum absolute atomic E-state index is 0.125. The third kappa shape index (κ3) is 5.90. The van der Waals surface area contributed by atoms with Crippen LogP contribution in [0.3, 0.4) is 0 Å². The normalized spacial score (nSPS) is 12.5. The predicted octanol–water partition coefficient (Wildman–Crippen LogP) is 4.12. The summed E-state index contributed by atoms with van der Waals surface area (Å²) in [7, 11) is 0. The van der Waals surface area contributed by atoms with Crippen molar-refractivity contribution >= 4 is 29.6 Å². The standard InChI is InChI=1S/C19H27N3O4S/c1-5-7-8-16-15(13(4)26-22-16)9-10-17-20-12(3)18(27-17)25-19(24)21-14(6-2)11-23/h9-10,14,23H,5-8,11H2,1-4H3,(H,21,24)/b10-9+/t14-/m0/s1. The highest BCUT2D eigenvalue weighted by atomic mass is 32.1. The Morgan fingerprint density at radius 3 is 2.81 bits per heavy atom. The first-order valence-electron chi connectivity index (χ1n) is 9.18. The highest BCUT2D eigenvalue weighted by Gasteiger charge is 2.15. The molecule has 0 saturated heterocycles. The Morgan fingerprint density at radius 1 is 1.37 bits per heavy atom. The summed E-state index contributed by atoms with van der Waals surface area (Å²) < 4.78 is 10.6. The quantitative estimate of drug-likeness (QED) is 0.665. The Labute approximate surface area is 163 Å². The van der Waals surface area contributed by atoms with Crippen LogP contribution in [0.15, 0.2) is 4.52 Å². The number of nitrogens with one attached hydrogen (secondary N) is 1. The Hall–Kier alpha value is -2.19.